The molecule has 1 aromatic carbocycles. The van der Waals surface area contributed by atoms with Gasteiger partial charge in [0, 0.05) is 7.11 Å². The van der Waals surface area contributed by atoms with Crippen LogP contribution in [-0.2, 0) is 5.41 Å². The van der Waals surface area contributed by atoms with Crippen LogP contribution in [0.15, 0.2) is 24.3 Å². The van der Waals surface area contributed by atoms with E-state index in [0.29, 0.717) is 0 Å². The van der Waals surface area contributed by atoms with E-state index in [1.54, 1.807) is 0 Å². The Balaban J connectivity index is 0.00000137. The molecule has 0 saturated carbocycles. The van der Waals surface area contributed by atoms with Crippen LogP contribution in [0, 0.1) is 12.3 Å². The molecule has 0 fully saturated rings. The zero-order valence-electron chi connectivity index (χ0n) is 12.0. The number of para-hydroxylation sites is 1. The first kappa shape index (κ1) is 16.5. The maximum absolute atomic E-state index is 7.00. The van der Waals surface area contributed by atoms with Crippen molar-refractivity contribution in [1.29, 1.82) is 0 Å². The average molecular weight is 248 g/mol. The minimum Gasteiger partial charge on any atom is -0.477 e. The van der Waals surface area contributed by atoms with Gasteiger partial charge in [0.1, 0.15) is 5.75 Å². The Morgan fingerprint density at radius 1 is 1.28 bits per heavy atom. The van der Waals surface area contributed by atoms with E-state index in [9.17, 15) is 0 Å². The number of aliphatic hydroxyl groups excluding tert-OH is 1. The number of benzene rings is 1. The average Bonchev–Trinajstić information content (AvgIpc) is 2.37. The molecule has 1 rings (SSSR count). The third kappa shape index (κ3) is 4.81. The van der Waals surface area contributed by atoms with Gasteiger partial charge in [-0.2, -0.15) is 0 Å². The first-order valence-corrected chi connectivity index (χ1v) is 6.16. The molecule has 0 heterocycles. The van der Waals surface area contributed by atoms with Gasteiger partial charge >= 0.3 is 0 Å². The molecule has 2 heteroatoms. The highest BCUT2D eigenvalue weighted by molar-refractivity contribution is 5.38. The second kappa shape index (κ2) is 7.79. The highest BCUT2D eigenvalue weighted by Crippen LogP contribution is 2.31. The van der Waals surface area contributed by atoms with Gasteiger partial charge in [0.05, 0.1) is 0 Å². The molecule has 0 saturated heterocycles. The predicted octanol–water partition coefficient (Wildman–Crippen LogP) is 3.38. The molecule has 1 unspecified atom stereocenters. The predicted molar refractivity (Wildman–Crippen MR) is 76.8 cm³/mol. The summed E-state index contributed by atoms with van der Waals surface area (Å²) in [5.74, 6) is 3.56. The summed E-state index contributed by atoms with van der Waals surface area (Å²) < 4.78 is 5.83. The molecule has 1 N–H and O–H groups in total. The van der Waals surface area contributed by atoms with Crippen molar-refractivity contribution < 1.29 is 9.84 Å². The van der Waals surface area contributed by atoms with Crippen LogP contribution in [0.1, 0.15) is 39.7 Å². The molecule has 2 nitrogen and oxygen atoms in total. The summed E-state index contributed by atoms with van der Waals surface area (Å²) in [6, 6.07) is 8.09. The molecule has 18 heavy (non-hydrogen) atoms. The first-order valence-electron chi connectivity index (χ1n) is 6.16. The van der Waals surface area contributed by atoms with Crippen LogP contribution in [0.3, 0.4) is 0 Å². The molecular formula is C16H24O2. The largest absolute Gasteiger partial charge is 0.477 e. The van der Waals surface area contributed by atoms with Crippen LogP contribution in [0.5, 0.6) is 5.75 Å². The van der Waals surface area contributed by atoms with Crippen molar-refractivity contribution in [3.63, 3.8) is 0 Å². The SMILES string of the molecule is C#CC(CC)Oc1ccccc1C(C)(C)C.CO. The van der Waals surface area contributed by atoms with Crippen molar-refractivity contribution in [3.8, 4) is 18.1 Å². The summed E-state index contributed by atoms with van der Waals surface area (Å²) in [7, 11) is 1.00. The second-order valence-electron chi connectivity index (χ2n) is 4.93. The van der Waals surface area contributed by atoms with Crippen molar-refractivity contribution in [2.75, 3.05) is 7.11 Å². The lowest BCUT2D eigenvalue weighted by atomic mass is 9.86. The number of ether oxygens (including phenoxy) is 1. The van der Waals surface area contributed by atoms with Crippen molar-refractivity contribution in [3.05, 3.63) is 29.8 Å². The van der Waals surface area contributed by atoms with Gasteiger partial charge in [-0.1, -0.05) is 51.8 Å². The summed E-state index contributed by atoms with van der Waals surface area (Å²) in [5, 5.41) is 7.00. The van der Waals surface area contributed by atoms with E-state index in [1.165, 1.54) is 5.56 Å². The van der Waals surface area contributed by atoms with Crippen LogP contribution < -0.4 is 4.74 Å². The fourth-order valence-corrected chi connectivity index (χ4v) is 1.58. The fourth-order valence-electron chi connectivity index (χ4n) is 1.58. The Kier molecular flexibility index (Phi) is 7.16. The van der Waals surface area contributed by atoms with Gasteiger partial charge in [0.25, 0.3) is 0 Å². The monoisotopic (exact) mass is 248 g/mol. The standard InChI is InChI=1S/C15H20O.CH4O/c1-6-12(7-2)16-14-11-9-8-10-13(14)15(3,4)5;1-2/h1,8-12H,7H2,2-5H3;2H,1H3. The lowest BCUT2D eigenvalue weighted by molar-refractivity contribution is 0.248. The number of rotatable bonds is 3. The third-order valence-electron chi connectivity index (χ3n) is 2.52. The highest BCUT2D eigenvalue weighted by atomic mass is 16.5. The first-order chi connectivity index (χ1) is 8.49. The Labute approximate surface area is 111 Å². The minimum absolute atomic E-state index is 0.0729. The fraction of sp³-hybridized carbons (Fsp3) is 0.500. The topological polar surface area (TPSA) is 29.5 Å². The summed E-state index contributed by atoms with van der Waals surface area (Å²) in [6.45, 7) is 8.55. The van der Waals surface area contributed by atoms with E-state index < -0.39 is 0 Å². The molecular weight excluding hydrogens is 224 g/mol. The molecule has 0 aliphatic rings. The van der Waals surface area contributed by atoms with Gasteiger partial charge < -0.3 is 9.84 Å². The van der Waals surface area contributed by atoms with Gasteiger partial charge in [-0.25, -0.2) is 0 Å². The van der Waals surface area contributed by atoms with Crippen LogP contribution in [0.4, 0.5) is 0 Å². The lowest BCUT2D eigenvalue weighted by Crippen LogP contribution is -2.18. The number of terminal acetylenes is 1. The molecule has 0 aromatic heterocycles. The van der Waals surface area contributed by atoms with Gasteiger partial charge in [-0.05, 0) is 23.5 Å². The van der Waals surface area contributed by atoms with Crippen LogP contribution >= 0.6 is 0 Å². The minimum atomic E-state index is -0.136. The summed E-state index contributed by atoms with van der Waals surface area (Å²) >= 11 is 0. The van der Waals surface area contributed by atoms with E-state index >= 15 is 0 Å². The maximum Gasteiger partial charge on any atom is 0.158 e. The molecule has 0 amide bonds. The van der Waals surface area contributed by atoms with Crippen molar-refractivity contribution in [2.24, 2.45) is 0 Å². The molecule has 1 aromatic rings. The van der Waals surface area contributed by atoms with Gasteiger partial charge in [-0.3, -0.25) is 0 Å². The number of hydrogen-bond donors (Lipinski definition) is 1. The molecule has 0 bridgehead atoms. The smallest absolute Gasteiger partial charge is 0.158 e. The lowest BCUT2D eigenvalue weighted by Gasteiger charge is -2.24. The summed E-state index contributed by atoms with van der Waals surface area (Å²) in [6.07, 6.45) is 6.11. The molecule has 0 radical (unpaired) electrons. The Morgan fingerprint density at radius 3 is 2.28 bits per heavy atom. The van der Waals surface area contributed by atoms with Gasteiger partial charge in [-0.15, -0.1) is 6.42 Å². The van der Waals surface area contributed by atoms with E-state index in [-0.39, 0.29) is 11.5 Å². The Morgan fingerprint density at radius 2 is 1.83 bits per heavy atom. The summed E-state index contributed by atoms with van der Waals surface area (Å²) in [5.41, 5.74) is 1.27. The number of aliphatic hydroxyl groups is 1. The highest BCUT2D eigenvalue weighted by Gasteiger charge is 2.19. The van der Waals surface area contributed by atoms with Crippen molar-refractivity contribution in [1.82, 2.24) is 0 Å². The normalized spacial score (nSPS) is 11.8. The van der Waals surface area contributed by atoms with Gasteiger partial charge in [0.15, 0.2) is 6.10 Å². The van der Waals surface area contributed by atoms with Crippen molar-refractivity contribution in [2.45, 2.75) is 45.6 Å². The summed E-state index contributed by atoms with van der Waals surface area (Å²) in [4.78, 5) is 0. The second-order valence-corrected chi connectivity index (χ2v) is 4.93. The zero-order valence-corrected chi connectivity index (χ0v) is 12.0. The van der Waals surface area contributed by atoms with Gasteiger partial charge in [0.2, 0.25) is 0 Å². The number of hydrogen-bond acceptors (Lipinski definition) is 2. The van der Waals surface area contributed by atoms with E-state index in [2.05, 4.69) is 32.8 Å². The van der Waals surface area contributed by atoms with E-state index in [0.717, 1.165) is 19.3 Å². The molecule has 1 atom stereocenters. The van der Waals surface area contributed by atoms with Crippen molar-refractivity contribution >= 4 is 0 Å². The zero-order chi connectivity index (χ0) is 14.2. The van der Waals surface area contributed by atoms with Crippen LogP contribution in [0.2, 0.25) is 0 Å². The quantitative estimate of drug-likeness (QED) is 0.831. The molecule has 0 aliphatic carbocycles. The van der Waals surface area contributed by atoms with Crippen LogP contribution in [-0.4, -0.2) is 18.3 Å². The molecule has 0 aliphatic heterocycles. The van der Waals surface area contributed by atoms with Crippen LogP contribution in [0.25, 0.3) is 0 Å². The Bertz CT molecular complexity index is 383. The van der Waals surface area contributed by atoms with E-state index in [1.807, 2.05) is 25.1 Å². The molecule has 0 spiro atoms. The van der Waals surface area contributed by atoms with E-state index in [4.69, 9.17) is 16.3 Å². The Hall–Kier alpha value is -1.46. The third-order valence-corrected chi connectivity index (χ3v) is 2.52. The maximum atomic E-state index is 7.00. The molecule has 100 valence electrons.